The molecule has 5 nitrogen and oxygen atoms in total. The van der Waals surface area contributed by atoms with E-state index in [0.29, 0.717) is 19.5 Å². The highest BCUT2D eigenvalue weighted by Gasteiger charge is 2.01. The average Bonchev–Trinajstić information content (AvgIpc) is 2.28. The van der Waals surface area contributed by atoms with Crippen LogP contribution in [0, 0.1) is 0 Å². The van der Waals surface area contributed by atoms with Crippen LogP contribution in [0.4, 0.5) is 5.69 Å². The van der Waals surface area contributed by atoms with Crippen LogP contribution in [0.3, 0.4) is 0 Å². The van der Waals surface area contributed by atoms with Gasteiger partial charge in [0.15, 0.2) is 0 Å². The van der Waals surface area contributed by atoms with Gasteiger partial charge in [-0.05, 0) is 30.7 Å². The summed E-state index contributed by atoms with van der Waals surface area (Å²) in [6, 6.07) is 7.54. The molecule has 1 amide bonds. The Balaban J connectivity index is 2.28. The van der Waals surface area contributed by atoms with Crippen LogP contribution in [0.25, 0.3) is 0 Å². The quantitative estimate of drug-likeness (QED) is 0.737. The largest absolute Gasteiger partial charge is 0.326 e. The standard InChI is InChI=1S/C13H20N2O3S/c1-11(16)15-13-6-4-12(5-7-13)10-14-8-3-9-19(2,17)18/h4-7,14H,3,8-10H2,1-2H3,(H,15,16). The van der Waals surface area contributed by atoms with Gasteiger partial charge in [-0.1, -0.05) is 12.1 Å². The number of carbonyl (C=O) groups is 1. The summed E-state index contributed by atoms with van der Waals surface area (Å²) in [7, 11) is -2.87. The fourth-order valence-corrected chi connectivity index (χ4v) is 2.27. The molecule has 0 saturated carbocycles. The van der Waals surface area contributed by atoms with Crippen LogP contribution < -0.4 is 10.6 Å². The number of hydrogen-bond donors (Lipinski definition) is 2. The third-order valence-electron chi connectivity index (χ3n) is 2.47. The summed E-state index contributed by atoms with van der Waals surface area (Å²) in [5, 5.41) is 5.88. The minimum Gasteiger partial charge on any atom is -0.326 e. The number of nitrogens with one attached hydrogen (secondary N) is 2. The molecule has 0 unspecified atom stereocenters. The van der Waals surface area contributed by atoms with Gasteiger partial charge in [0.1, 0.15) is 9.84 Å². The lowest BCUT2D eigenvalue weighted by Crippen LogP contribution is -2.17. The Kier molecular flexibility index (Phi) is 5.98. The highest BCUT2D eigenvalue weighted by atomic mass is 32.2. The van der Waals surface area contributed by atoms with E-state index in [1.165, 1.54) is 13.2 Å². The van der Waals surface area contributed by atoms with Gasteiger partial charge in [-0.3, -0.25) is 4.79 Å². The molecule has 6 heteroatoms. The summed E-state index contributed by atoms with van der Waals surface area (Å²) in [5.74, 6) is 0.119. The fraction of sp³-hybridized carbons (Fsp3) is 0.462. The second kappa shape index (κ2) is 7.25. The first kappa shape index (κ1) is 15.7. The lowest BCUT2D eigenvalue weighted by Gasteiger charge is -2.06. The predicted octanol–water partition coefficient (Wildman–Crippen LogP) is 1.17. The van der Waals surface area contributed by atoms with Crippen LogP contribution in [-0.4, -0.2) is 32.9 Å². The minimum absolute atomic E-state index is 0.0911. The van der Waals surface area contributed by atoms with E-state index in [1.54, 1.807) is 0 Å². The molecule has 1 aromatic carbocycles. The highest BCUT2D eigenvalue weighted by molar-refractivity contribution is 7.90. The first-order valence-corrected chi connectivity index (χ1v) is 8.18. The average molecular weight is 284 g/mol. The maximum absolute atomic E-state index is 10.9. The van der Waals surface area contributed by atoms with E-state index >= 15 is 0 Å². The van der Waals surface area contributed by atoms with Gasteiger partial charge in [0, 0.05) is 25.4 Å². The Morgan fingerprint density at radius 1 is 1.21 bits per heavy atom. The van der Waals surface area contributed by atoms with Gasteiger partial charge in [-0.2, -0.15) is 0 Å². The maximum atomic E-state index is 10.9. The van der Waals surface area contributed by atoms with Crippen molar-refractivity contribution in [3.63, 3.8) is 0 Å². The maximum Gasteiger partial charge on any atom is 0.221 e. The molecule has 0 spiro atoms. The third kappa shape index (κ3) is 7.58. The van der Waals surface area contributed by atoms with Crippen LogP contribution in [0.5, 0.6) is 0 Å². The first-order chi connectivity index (χ1) is 8.87. The van der Waals surface area contributed by atoms with Crippen molar-refractivity contribution in [2.45, 2.75) is 19.9 Å². The number of anilines is 1. The van der Waals surface area contributed by atoms with Gasteiger partial charge < -0.3 is 10.6 Å². The SMILES string of the molecule is CC(=O)Nc1ccc(CNCCCS(C)(=O)=O)cc1. The molecule has 0 aromatic heterocycles. The van der Waals surface area contributed by atoms with Crippen LogP contribution in [0.2, 0.25) is 0 Å². The van der Waals surface area contributed by atoms with Crippen molar-refractivity contribution in [3.8, 4) is 0 Å². The van der Waals surface area contributed by atoms with E-state index in [-0.39, 0.29) is 11.7 Å². The van der Waals surface area contributed by atoms with Crippen molar-refractivity contribution in [1.29, 1.82) is 0 Å². The lowest BCUT2D eigenvalue weighted by molar-refractivity contribution is -0.114. The molecule has 1 aromatic rings. The first-order valence-electron chi connectivity index (χ1n) is 6.12. The molecule has 0 aliphatic carbocycles. The topological polar surface area (TPSA) is 75.3 Å². The Morgan fingerprint density at radius 3 is 2.37 bits per heavy atom. The second-order valence-corrected chi connectivity index (χ2v) is 6.80. The third-order valence-corrected chi connectivity index (χ3v) is 3.50. The summed E-state index contributed by atoms with van der Waals surface area (Å²) < 4.78 is 21.9. The molecule has 0 atom stereocenters. The summed E-state index contributed by atoms with van der Waals surface area (Å²) in [4.78, 5) is 10.9. The molecular weight excluding hydrogens is 264 g/mol. The van der Waals surface area contributed by atoms with Crippen molar-refractivity contribution >= 4 is 21.4 Å². The number of carbonyl (C=O) groups excluding carboxylic acids is 1. The molecule has 106 valence electrons. The molecule has 0 heterocycles. The summed E-state index contributed by atoms with van der Waals surface area (Å²) >= 11 is 0. The summed E-state index contributed by atoms with van der Waals surface area (Å²) in [6.07, 6.45) is 1.86. The number of sulfone groups is 1. The smallest absolute Gasteiger partial charge is 0.221 e. The highest BCUT2D eigenvalue weighted by Crippen LogP contribution is 2.09. The number of amides is 1. The van der Waals surface area contributed by atoms with E-state index in [0.717, 1.165) is 11.3 Å². The molecular formula is C13H20N2O3S. The number of benzene rings is 1. The Morgan fingerprint density at radius 2 is 1.84 bits per heavy atom. The van der Waals surface area contributed by atoms with Gasteiger partial charge in [0.2, 0.25) is 5.91 Å². The van der Waals surface area contributed by atoms with Gasteiger partial charge in [0.25, 0.3) is 0 Å². The molecule has 0 radical (unpaired) electrons. The van der Waals surface area contributed by atoms with Gasteiger partial charge in [-0.25, -0.2) is 8.42 Å². The zero-order valence-electron chi connectivity index (χ0n) is 11.3. The predicted molar refractivity (Wildman–Crippen MR) is 76.8 cm³/mol. The monoisotopic (exact) mass is 284 g/mol. The molecule has 0 fully saturated rings. The van der Waals surface area contributed by atoms with Crippen LogP contribution in [0.15, 0.2) is 24.3 Å². The van der Waals surface area contributed by atoms with E-state index in [1.807, 2.05) is 24.3 Å². The second-order valence-electron chi connectivity index (χ2n) is 4.54. The normalized spacial score (nSPS) is 11.3. The van der Waals surface area contributed by atoms with Crippen molar-refractivity contribution in [3.05, 3.63) is 29.8 Å². The van der Waals surface area contributed by atoms with E-state index < -0.39 is 9.84 Å². The van der Waals surface area contributed by atoms with Crippen molar-refractivity contribution in [1.82, 2.24) is 5.32 Å². The molecule has 19 heavy (non-hydrogen) atoms. The van der Waals surface area contributed by atoms with Gasteiger partial charge >= 0.3 is 0 Å². The molecule has 1 rings (SSSR count). The van der Waals surface area contributed by atoms with Crippen LogP contribution in [-0.2, 0) is 21.2 Å². The van der Waals surface area contributed by atoms with Crippen molar-refractivity contribution < 1.29 is 13.2 Å². The van der Waals surface area contributed by atoms with Gasteiger partial charge in [-0.15, -0.1) is 0 Å². The zero-order valence-corrected chi connectivity index (χ0v) is 12.1. The minimum atomic E-state index is -2.87. The van der Waals surface area contributed by atoms with Crippen molar-refractivity contribution in [2.75, 3.05) is 23.9 Å². The van der Waals surface area contributed by atoms with Crippen molar-refractivity contribution in [2.24, 2.45) is 0 Å². The Bertz CT molecular complexity index is 509. The summed E-state index contributed by atoms with van der Waals surface area (Å²) in [6.45, 7) is 2.82. The molecule has 0 saturated heterocycles. The number of rotatable bonds is 7. The fourth-order valence-electron chi connectivity index (χ4n) is 1.60. The van der Waals surface area contributed by atoms with E-state index in [2.05, 4.69) is 10.6 Å². The van der Waals surface area contributed by atoms with Crippen LogP contribution in [0.1, 0.15) is 18.9 Å². The molecule has 0 bridgehead atoms. The summed E-state index contributed by atoms with van der Waals surface area (Å²) in [5.41, 5.74) is 1.86. The molecule has 0 aliphatic rings. The van der Waals surface area contributed by atoms with Gasteiger partial charge in [0.05, 0.1) is 5.75 Å². The Labute approximate surface area is 114 Å². The molecule has 0 aliphatic heterocycles. The molecule has 2 N–H and O–H groups in total. The van der Waals surface area contributed by atoms with E-state index in [9.17, 15) is 13.2 Å². The van der Waals surface area contributed by atoms with Crippen LogP contribution >= 0.6 is 0 Å². The Hall–Kier alpha value is -1.40. The lowest BCUT2D eigenvalue weighted by atomic mass is 10.2. The van der Waals surface area contributed by atoms with E-state index in [4.69, 9.17) is 0 Å². The zero-order chi connectivity index (χ0) is 14.3. The number of hydrogen-bond acceptors (Lipinski definition) is 4.